The summed E-state index contributed by atoms with van der Waals surface area (Å²) in [5.74, 6) is -0.167. The van der Waals surface area contributed by atoms with Gasteiger partial charge >= 0.3 is 0 Å². The predicted octanol–water partition coefficient (Wildman–Crippen LogP) is 0.912. The number of carbonyl (C=O) groups is 3. The third kappa shape index (κ3) is 4.54. The first-order valence-electron chi connectivity index (χ1n) is 9.67. The van der Waals surface area contributed by atoms with Gasteiger partial charge in [-0.25, -0.2) is 0 Å². The second-order valence-corrected chi connectivity index (χ2v) is 7.54. The average Bonchev–Trinajstić information content (AvgIpc) is 2.95. The highest BCUT2D eigenvalue weighted by Crippen LogP contribution is 2.28. The van der Waals surface area contributed by atoms with Gasteiger partial charge in [0.2, 0.25) is 11.8 Å². The zero-order valence-corrected chi connectivity index (χ0v) is 15.8. The Kier molecular flexibility index (Phi) is 6.23. The summed E-state index contributed by atoms with van der Waals surface area (Å²) in [4.78, 5) is 37.8. The van der Waals surface area contributed by atoms with Gasteiger partial charge in [0.1, 0.15) is 6.04 Å². The molecular formula is C20H28N4O3. The first-order chi connectivity index (χ1) is 13.0. The first-order valence-corrected chi connectivity index (χ1v) is 9.67. The molecule has 3 amide bonds. The molecule has 0 radical (unpaired) electrons. The monoisotopic (exact) mass is 372 g/mol. The molecule has 146 valence electrons. The molecule has 2 heterocycles. The molecule has 1 unspecified atom stereocenters. The molecular weight excluding hydrogens is 344 g/mol. The van der Waals surface area contributed by atoms with E-state index in [1.165, 1.54) is 0 Å². The molecule has 4 N–H and O–H groups in total. The molecule has 1 aromatic rings. The SMILES string of the molecule is C[C@@H](CCN)CCNCc1ccc2c(c1)C(=O)N(C1CCC(=O)NC1=O)C2. The lowest BCUT2D eigenvalue weighted by Gasteiger charge is -2.29. The van der Waals surface area contributed by atoms with Gasteiger partial charge in [-0.15, -0.1) is 0 Å². The molecule has 0 saturated carbocycles. The van der Waals surface area contributed by atoms with Crippen LogP contribution in [0.1, 0.15) is 54.1 Å². The van der Waals surface area contributed by atoms with Gasteiger partial charge in [0.05, 0.1) is 0 Å². The lowest BCUT2D eigenvalue weighted by molar-refractivity contribution is -0.136. The Hall–Kier alpha value is -2.25. The number of piperidine rings is 1. The summed E-state index contributed by atoms with van der Waals surface area (Å²) in [5, 5.41) is 5.74. The van der Waals surface area contributed by atoms with Gasteiger partial charge in [-0.05, 0) is 55.5 Å². The van der Waals surface area contributed by atoms with Crippen LogP contribution in [0.15, 0.2) is 18.2 Å². The number of rotatable bonds is 8. The van der Waals surface area contributed by atoms with E-state index >= 15 is 0 Å². The first kappa shape index (κ1) is 19.5. The van der Waals surface area contributed by atoms with E-state index in [1.54, 1.807) is 4.90 Å². The Morgan fingerprint density at radius 1 is 1.30 bits per heavy atom. The minimum absolute atomic E-state index is 0.127. The largest absolute Gasteiger partial charge is 0.330 e. The van der Waals surface area contributed by atoms with Gasteiger partial charge in [0.25, 0.3) is 5.91 Å². The fourth-order valence-corrected chi connectivity index (χ4v) is 3.72. The highest BCUT2D eigenvalue weighted by molar-refractivity contribution is 6.05. The van der Waals surface area contributed by atoms with Crippen LogP contribution in [-0.2, 0) is 22.7 Å². The van der Waals surface area contributed by atoms with Crippen LogP contribution in [-0.4, -0.2) is 41.8 Å². The van der Waals surface area contributed by atoms with Gasteiger partial charge in [-0.3, -0.25) is 19.7 Å². The van der Waals surface area contributed by atoms with Gasteiger partial charge < -0.3 is 16.0 Å². The van der Waals surface area contributed by atoms with Crippen molar-refractivity contribution in [3.63, 3.8) is 0 Å². The van der Waals surface area contributed by atoms with Crippen LogP contribution in [0.5, 0.6) is 0 Å². The third-order valence-electron chi connectivity index (χ3n) is 5.40. The Morgan fingerprint density at radius 3 is 2.85 bits per heavy atom. The maximum atomic E-state index is 12.8. The Bertz CT molecular complexity index is 734. The van der Waals surface area contributed by atoms with E-state index in [-0.39, 0.29) is 24.1 Å². The fourth-order valence-electron chi connectivity index (χ4n) is 3.72. The van der Waals surface area contributed by atoms with Crippen LogP contribution in [0, 0.1) is 5.92 Å². The predicted molar refractivity (Wildman–Crippen MR) is 102 cm³/mol. The second kappa shape index (κ2) is 8.63. The third-order valence-corrected chi connectivity index (χ3v) is 5.40. The quantitative estimate of drug-likeness (QED) is 0.465. The number of nitrogens with one attached hydrogen (secondary N) is 2. The molecule has 3 rings (SSSR count). The maximum Gasteiger partial charge on any atom is 0.255 e. The van der Waals surface area contributed by atoms with Crippen molar-refractivity contribution in [2.24, 2.45) is 11.7 Å². The molecule has 0 bridgehead atoms. The number of amides is 3. The van der Waals surface area contributed by atoms with Gasteiger partial charge in [-0.1, -0.05) is 19.1 Å². The minimum atomic E-state index is -0.562. The van der Waals surface area contributed by atoms with E-state index in [0.717, 1.165) is 37.1 Å². The number of fused-ring (bicyclic) bond motifs is 1. The van der Waals surface area contributed by atoms with E-state index < -0.39 is 6.04 Å². The topological polar surface area (TPSA) is 105 Å². The molecule has 2 aliphatic rings. The summed E-state index contributed by atoms with van der Waals surface area (Å²) >= 11 is 0. The smallest absolute Gasteiger partial charge is 0.255 e. The van der Waals surface area contributed by atoms with Crippen LogP contribution in [0.3, 0.4) is 0 Å². The van der Waals surface area contributed by atoms with Crippen molar-refractivity contribution in [1.82, 2.24) is 15.5 Å². The lowest BCUT2D eigenvalue weighted by atomic mass is 10.0. The highest BCUT2D eigenvalue weighted by atomic mass is 16.2. The maximum absolute atomic E-state index is 12.8. The van der Waals surface area contributed by atoms with Crippen molar-refractivity contribution in [3.8, 4) is 0 Å². The zero-order valence-electron chi connectivity index (χ0n) is 15.8. The molecule has 7 heteroatoms. The summed E-state index contributed by atoms with van der Waals surface area (Å²) < 4.78 is 0. The van der Waals surface area contributed by atoms with Crippen LogP contribution in [0.4, 0.5) is 0 Å². The molecule has 0 aliphatic carbocycles. The van der Waals surface area contributed by atoms with Crippen LogP contribution in [0.2, 0.25) is 0 Å². The van der Waals surface area contributed by atoms with Crippen molar-refractivity contribution in [2.45, 2.75) is 51.7 Å². The molecule has 2 atom stereocenters. The molecule has 1 aromatic carbocycles. The number of benzene rings is 1. The molecule has 0 aromatic heterocycles. The minimum Gasteiger partial charge on any atom is -0.330 e. The lowest BCUT2D eigenvalue weighted by Crippen LogP contribution is -2.52. The Balaban J connectivity index is 1.58. The highest BCUT2D eigenvalue weighted by Gasteiger charge is 2.38. The van der Waals surface area contributed by atoms with E-state index in [4.69, 9.17) is 5.73 Å². The Labute approximate surface area is 159 Å². The van der Waals surface area contributed by atoms with Gasteiger partial charge in [-0.2, -0.15) is 0 Å². The second-order valence-electron chi connectivity index (χ2n) is 7.54. The summed E-state index contributed by atoms with van der Waals surface area (Å²) in [5.41, 5.74) is 8.22. The standard InChI is InChI=1S/C20H28N4O3/c1-13(6-8-21)7-9-22-11-14-2-3-15-12-24(20(27)16(15)10-14)17-4-5-18(25)23-19(17)26/h2-3,10,13,17,22H,4-9,11-12,21H2,1H3,(H,23,25,26)/t13-,17?/m0/s1. The van der Waals surface area contributed by atoms with Crippen molar-refractivity contribution >= 4 is 17.7 Å². The Morgan fingerprint density at radius 2 is 2.11 bits per heavy atom. The van der Waals surface area contributed by atoms with E-state index in [2.05, 4.69) is 17.6 Å². The number of hydrogen-bond donors (Lipinski definition) is 3. The van der Waals surface area contributed by atoms with Crippen molar-refractivity contribution in [2.75, 3.05) is 13.1 Å². The van der Waals surface area contributed by atoms with Crippen molar-refractivity contribution < 1.29 is 14.4 Å². The zero-order chi connectivity index (χ0) is 19.4. The van der Waals surface area contributed by atoms with Crippen LogP contribution < -0.4 is 16.4 Å². The summed E-state index contributed by atoms with van der Waals surface area (Å²) in [6, 6.07) is 5.34. The van der Waals surface area contributed by atoms with Crippen molar-refractivity contribution in [3.05, 3.63) is 34.9 Å². The van der Waals surface area contributed by atoms with E-state index in [0.29, 0.717) is 31.0 Å². The average molecular weight is 372 g/mol. The molecule has 2 aliphatic heterocycles. The molecule has 1 saturated heterocycles. The number of imide groups is 1. The number of hydrogen-bond acceptors (Lipinski definition) is 5. The van der Waals surface area contributed by atoms with Gasteiger partial charge in [0, 0.05) is 25.1 Å². The molecule has 1 fully saturated rings. The number of nitrogens with zero attached hydrogens (tertiary/aromatic N) is 1. The van der Waals surface area contributed by atoms with Crippen LogP contribution in [0.25, 0.3) is 0 Å². The number of nitrogens with two attached hydrogens (primary N) is 1. The molecule has 27 heavy (non-hydrogen) atoms. The molecule has 7 nitrogen and oxygen atoms in total. The van der Waals surface area contributed by atoms with E-state index in [9.17, 15) is 14.4 Å². The summed E-state index contributed by atoms with van der Waals surface area (Å²) in [7, 11) is 0. The fraction of sp³-hybridized carbons (Fsp3) is 0.550. The van der Waals surface area contributed by atoms with Crippen LogP contribution >= 0.6 is 0 Å². The summed E-state index contributed by atoms with van der Waals surface area (Å²) in [6.45, 7) is 4.96. The van der Waals surface area contributed by atoms with Crippen molar-refractivity contribution in [1.29, 1.82) is 0 Å². The van der Waals surface area contributed by atoms with E-state index in [1.807, 2.05) is 18.2 Å². The normalized spacial score (nSPS) is 20.6. The van der Waals surface area contributed by atoms with Gasteiger partial charge in [0.15, 0.2) is 0 Å². The number of carbonyl (C=O) groups excluding carboxylic acids is 3. The summed E-state index contributed by atoms with van der Waals surface area (Å²) in [6.07, 6.45) is 2.77. The molecule has 0 spiro atoms.